The van der Waals surface area contributed by atoms with Crippen molar-refractivity contribution in [2.75, 3.05) is 26.7 Å². The third-order valence-corrected chi connectivity index (χ3v) is 3.21. The molecule has 1 aliphatic heterocycles. The van der Waals surface area contributed by atoms with E-state index in [1.165, 1.54) is 12.8 Å². The molecule has 1 aliphatic carbocycles. The SMILES string of the molecule is CN(CC1CNC(=O)O1)C(CN)C1CC1. The molecule has 0 aromatic carbocycles. The van der Waals surface area contributed by atoms with Crippen molar-refractivity contribution in [2.24, 2.45) is 11.7 Å². The standard InChI is InChI=1S/C10H19N3O2/c1-13(9(4-11)7-2-3-7)6-8-5-12-10(14)15-8/h7-9H,2-6,11H2,1H3,(H,12,14). The third-order valence-electron chi connectivity index (χ3n) is 3.21. The molecule has 2 rings (SSSR count). The molecule has 1 amide bonds. The number of carbonyl (C=O) groups is 1. The number of ether oxygens (including phenoxy) is 1. The molecule has 2 atom stereocenters. The van der Waals surface area contributed by atoms with Gasteiger partial charge >= 0.3 is 6.09 Å². The number of hydrogen-bond donors (Lipinski definition) is 2. The monoisotopic (exact) mass is 213 g/mol. The van der Waals surface area contributed by atoms with E-state index in [9.17, 15) is 4.79 Å². The summed E-state index contributed by atoms with van der Waals surface area (Å²) in [5.74, 6) is 0.755. The average molecular weight is 213 g/mol. The topological polar surface area (TPSA) is 67.6 Å². The van der Waals surface area contributed by atoms with Crippen LogP contribution in [0.5, 0.6) is 0 Å². The van der Waals surface area contributed by atoms with E-state index >= 15 is 0 Å². The van der Waals surface area contributed by atoms with Gasteiger partial charge in [0, 0.05) is 19.1 Å². The molecule has 0 radical (unpaired) electrons. The zero-order valence-electron chi connectivity index (χ0n) is 9.11. The van der Waals surface area contributed by atoms with Crippen LogP contribution < -0.4 is 11.1 Å². The van der Waals surface area contributed by atoms with Crippen LogP contribution in [0.25, 0.3) is 0 Å². The second-order valence-electron chi connectivity index (χ2n) is 4.49. The molecule has 2 aliphatic rings. The molecule has 0 bridgehead atoms. The Balaban J connectivity index is 1.79. The molecule has 1 heterocycles. The first-order valence-corrected chi connectivity index (χ1v) is 5.55. The Labute approximate surface area is 89.9 Å². The number of carbonyl (C=O) groups excluding carboxylic acids is 1. The Morgan fingerprint density at radius 3 is 2.87 bits per heavy atom. The van der Waals surface area contributed by atoms with Crippen LogP contribution in [0, 0.1) is 5.92 Å². The van der Waals surface area contributed by atoms with Crippen LogP contribution >= 0.6 is 0 Å². The van der Waals surface area contributed by atoms with E-state index in [4.69, 9.17) is 10.5 Å². The van der Waals surface area contributed by atoms with Gasteiger partial charge in [-0.2, -0.15) is 0 Å². The predicted octanol–water partition coefficient (Wildman–Crippen LogP) is -0.236. The number of likely N-dealkylation sites (N-methyl/N-ethyl adjacent to an activating group) is 1. The van der Waals surface area contributed by atoms with Crippen molar-refractivity contribution in [3.05, 3.63) is 0 Å². The molecule has 1 saturated heterocycles. The highest BCUT2D eigenvalue weighted by Crippen LogP contribution is 2.34. The fraction of sp³-hybridized carbons (Fsp3) is 0.900. The zero-order chi connectivity index (χ0) is 10.8. The Hall–Kier alpha value is -0.810. The van der Waals surface area contributed by atoms with Crippen LogP contribution in [0.3, 0.4) is 0 Å². The first-order valence-electron chi connectivity index (χ1n) is 5.55. The summed E-state index contributed by atoms with van der Waals surface area (Å²) in [6.45, 7) is 2.08. The number of nitrogens with two attached hydrogens (primary N) is 1. The maximum Gasteiger partial charge on any atom is 0.407 e. The van der Waals surface area contributed by atoms with Gasteiger partial charge in [0.15, 0.2) is 0 Å². The first-order chi connectivity index (χ1) is 7.20. The number of amides is 1. The van der Waals surface area contributed by atoms with E-state index in [1.54, 1.807) is 0 Å². The Morgan fingerprint density at radius 1 is 1.67 bits per heavy atom. The lowest BCUT2D eigenvalue weighted by Crippen LogP contribution is -2.44. The minimum Gasteiger partial charge on any atom is -0.443 e. The fourth-order valence-corrected chi connectivity index (χ4v) is 2.20. The molecule has 0 aromatic rings. The smallest absolute Gasteiger partial charge is 0.407 e. The predicted molar refractivity (Wildman–Crippen MR) is 56.5 cm³/mol. The lowest BCUT2D eigenvalue weighted by Gasteiger charge is -2.28. The van der Waals surface area contributed by atoms with Gasteiger partial charge < -0.3 is 15.8 Å². The molecule has 5 nitrogen and oxygen atoms in total. The van der Waals surface area contributed by atoms with Crippen LogP contribution in [0.15, 0.2) is 0 Å². The Kier molecular flexibility index (Phi) is 3.11. The molecule has 3 N–H and O–H groups in total. The summed E-state index contributed by atoms with van der Waals surface area (Å²) in [5, 5.41) is 2.66. The van der Waals surface area contributed by atoms with Gasteiger partial charge in [-0.25, -0.2) is 4.79 Å². The van der Waals surface area contributed by atoms with Gasteiger partial charge in [-0.3, -0.25) is 4.90 Å². The quantitative estimate of drug-likeness (QED) is 0.661. The van der Waals surface area contributed by atoms with Crippen LogP contribution in [-0.2, 0) is 4.74 Å². The minimum absolute atomic E-state index is 0.0182. The zero-order valence-corrected chi connectivity index (χ0v) is 9.11. The van der Waals surface area contributed by atoms with Gasteiger partial charge in [-0.1, -0.05) is 0 Å². The van der Waals surface area contributed by atoms with Gasteiger partial charge in [0.2, 0.25) is 0 Å². The third kappa shape index (κ3) is 2.60. The molecule has 2 unspecified atom stereocenters. The van der Waals surface area contributed by atoms with Gasteiger partial charge in [-0.15, -0.1) is 0 Å². The maximum atomic E-state index is 10.8. The summed E-state index contributed by atoms with van der Waals surface area (Å²) in [6.07, 6.45) is 2.25. The van der Waals surface area contributed by atoms with E-state index < -0.39 is 0 Å². The molecule has 5 heteroatoms. The largest absolute Gasteiger partial charge is 0.443 e. The summed E-state index contributed by atoms with van der Waals surface area (Å²) >= 11 is 0. The number of nitrogens with zero attached hydrogens (tertiary/aromatic N) is 1. The minimum atomic E-state index is -0.302. The summed E-state index contributed by atoms with van der Waals surface area (Å²) in [6, 6.07) is 0.448. The van der Waals surface area contributed by atoms with E-state index in [-0.39, 0.29) is 12.2 Å². The molecule has 0 spiro atoms. The maximum absolute atomic E-state index is 10.8. The van der Waals surface area contributed by atoms with Crippen LogP contribution in [0.2, 0.25) is 0 Å². The summed E-state index contributed by atoms with van der Waals surface area (Å²) < 4.78 is 5.09. The van der Waals surface area contributed by atoms with Crippen molar-refractivity contribution in [1.82, 2.24) is 10.2 Å². The number of cyclic esters (lactones) is 1. The number of alkyl carbamates (subject to hydrolysis) is 1. The second-order valence-corrected chi connectivity index (χ2v) is 4.49. The van der Waals surface area contributed by atoms with Crippen molar-refractivity contribution in [1.29, 1.82) is 0 Å². The molecular formula is C10H19N3O2. The fourth-order valence-electron chi connectivity index (χ4n) is 2.20. The first kappa shape index (κ1) is 10.7. The molecule has 2 fully saturated rings. The molecule has 1 saturated carbocycles. The highest BCUT2D eigenvalue weighted by molar-refractivity contribution is 5.69. The molecule has 15 heavy (non-hydrogen) atoms. The van der Waals surface area contributed by atoms with Crippen molar-refractivity contribution < 1.29 is 9.53 Å². The van der Waals surface area contributed by atoms with E-state index in [0.29, 0.717) is 19.1 Å². The van der Waals surface area contributed by atoms with Gasteiger partial charge in [0.1, 0.15) is 6.10 Å². The average Bonchev–Trinajstić information content (AvgIpc) is 2.93. The lowest BCUT2D eigenvalue weighted by atomic mass is 10.1. The molecule has 86 valence electrons. The van der Waals surface area contributed by atoms with E-state index in [2.05, 4.69) is 17.3 Å². The van der Waals surface area contributed by atoms with Crippen molar-refractivity contribution in [3.63, 3.8) is 0 Å². The van der Waals surface area contributed by atoms with Crippen LogP contribution in [0.1, 0.15) is 12.8 Å². The number of rotatable bonds is 5. The highest BCUT2D eigenvalue weighted by atomic mass is 16.6. The summed E-state index contributed by atoms with van der Waals surface area (Å²) in [4.78, 5) is 13.1. The normalized spacial score (nSPS) is 27.7. The van der Waals surface area contributed by atoms with Gasteiger partial charge in [0.25, 0.3) is 0 Å². The Morgan fingerprint density at radius 2 is 2.40 bits per heavy atom. The summed E-state index contributed by atoms with van der Waals surface area (Å²) in [5.41, 5.74) is 5.75. The number of hydrogen-bond acceptors (Lipinski definition) is 4. The van der Waals surface area contributed by atoms with Gasteiger partial charge in [-0.05, 0) is 25.8 Å². The van der Waals surface area contributed by atoms with Crippen LogP contribution in [-0.4, -0.2) is 49.8 Å². The summed E-state index contributed by atoms with van der Waals surface area (Å²) in [7, 11) is 2.06. The van der Waals surface area contributed by atoms with Crippen LogP contribution in [0.4, 0.5) is 4.79 Å². The van der Waals surface area contributed by atoms with E-state index in [0.717, 1.165) is 12.5 Å². The molecule has 0 aromatic heterocycles. The van der Waals surface area contributed by atoms with Crippen molar-refractivity contribution in [2.45, 2.75) is 25.0 Å². The Bertz CT molecular complexity index is 243. The highest BCUT2D eigenvalue weighted by Gasteiger charge is 2.34. The van der Waals surface area contributed by atoms with Crippen molar-refractivity contribution >= 4 is 6.09 Å². The van der Waals surface area contributed by atoms with Crippen molar-refractivity contribution in [3.8, 4) is 0 Å². The van der Waals surface area contributed by atoms with Gasteiger partial charge in [0.05, 0.1) is 6.54 Å². The lowest BCUT2D eigenvalue weighted by molar-refractivity contribution is 0.0992. The number of nitrogens with one attached hydrogen (secondary N) is 1. The van der Waals surface area contributed by atoms with E-state index in [1.807, 2.05) is 0 Å². The second kappa shape index (κ2) is 4.37. The molecular weight excluding hydrogens is 194 g/mol.